The van der Waals surface area contributed by atoms with E-state index in [1.165, 1.54) is 12.8 Å². The van der Waals surface area contributed by atoms with Gasteiger partial charge in [0.2, 0.25) is 5.91 Å². The Morgan fingerprint density at radius 3 is 2.71 bits per heavy atom. The predicted octanol–water partition coefficient (Wildman–Crippen LogP) is 1.95. The fraction of sp³-hybridized carbons (Fsp3) is 0.824. The van der Waals surface area contributed by atoms with Gasteiger partial charge in [-0.1, -0.05) is 18.0 Å². The Balaban J connectivity index is 1.38. The number of carbonyl (C=O) groups excluding carboxylic acids is 1. The highest BCUT2D eigenvalue weighted by Gasteiger charge is 2.46. The minimum absolute atomic E-state index is 0.0762. The maximum absolute atomic E-state index is 12.9. The van der Waals surface area contributed by atoms with E-state index in [-0.39, 0.29) is 17.6 Å². The van der Waals surface area contributed by atoms with Crippen LogP contribution in [0.1, 0.15) is 69.2 Å². The molecule has 132 valence electrons. The fourth-order valence-electron chi connectivity index (χ4n) is 4.36. The Bertz CT molecular complexity index is 570. The highest BCUT2D eigenvalue weighted by molar-refractivity contribution is 5.86. The van der Waals surface area contributed by atoms with Crippen molar-refractivity contribution in [3.63, 3.8) is 0 Å². The quantitative estimate of drug-likeness (QED) is 0.886. The molecule has 2 saturated heterocycles. The lowest BCUT2D eigenvalue weighted by molar-refractivity contribution is -0.133. The van der Waals surface area contributed by atoms with Gasteiger partial charge in [0.15, 0.2) is 5.82 Å². The summed E-state index contributed by atoms with van der Waals surface area (Å²) in [6.45, 7) is 3.15. The second-order valence-corrected chi connectivity index (χ2v) is 7.17. The summed E-state index contributed by atoms with van der Waals surface area (Å²) in [6, 6.07) is 0. The van der Waals surface area contributed by atoms with E-state index in [1.807, 2.05) is 0 Å². The lowest BCUT2D eigenvalue weighted by atomic mass is 9.94. The second-order valence-electron chi connectivity index (χ2n) is 7.17. The molecule has 0 aromatic carbocycles. The molecule has 3 aliphatic rings. The molecule has 24 heavy (non-hydrogen) atoms. The van der Waals surface area contributed by atoms with E-state index in [2.05, 4.69) is 20.4 Å². The molecule has 1 saturated carbocycles. The summed E-state index contributed by atoms with van der Waals surface area (Å²) in [4.78, 5) is 19.7. The normalized spacial score (nSPS) is 26.9. The van der Waals surface area contributed by atoms with E-state index in [9.17, 15) is 4.79 Å². The molecule has 1 atom stereocenters. The molecule has 4 rings (SSSR count). The van der Waals surface area contributed by atoms with Crippen LogP contribution in [-0.2, 0) is 16.1 Å². The van der Waals surface area contributed by atoms with Crippen LogP contribution in [0.25, 0.3) is 0 Å². The number of ether oxygens (including phenoxy) is 1. The van der Waals surface area contributed by atoms with Crippen molar-refractivity contribution >= 4 is 5.91 Å². The lowest BCUT2D eigenvalue weighted by Gasteiger charge is -2.37. The van der Waals surface area contributed by atoms with Crippen molar-refractivity contribution in [3.8, 4) is 0 Å². The number of nitrogens with one attached hydrogen (secondary N) is 1. The molecule has 0 spiro atoms. The van der Waals surface area contributed by atoms with Crippen LogP contribution in [0.15, 0.2) is 4.52 Å². The minimum Gasteiger partial charge on any atom is -0.368 e. The van der Waals surface area contributed by atoms with Crippen molar-refractivity contribution in [2.45, 2.75) is 69.6 Å². The number of hydrogen-bond donors (Lipinski definition) is 1. The van der Waals surface area contributed by atoms with E-state index in [0.717, 1.165) is 58.2 Å². The number of nitrogens with zero attached hydrogens (tertiary/aromatic N) is 3. The summed E-state index contributed by atoms with van der Waals surface area (Å²) in [5, 5.41) is 7.04. The lowest BCUT2D eigenvalue weighted by Crippen LogP contribution is -2.56. The first-order chi connectivity index (χ1) is 11.8. The molecule has 1 aromatic heterocycles. The van der Waals surface area contributed by atoms with E-state index in [0.29, 0.717) is 18.3 Å². The monoisotopic (exact) mass is 334 g/mol. The van der Waals surface area contributed by atoms with Gasteiger partial charge in [-0.2, -0.15) is 4.98 Å². The highest BCUT2D eigenvalue weighted by atomic mass is 16.5. The molecular weight excluding hydrogens is 308 g/mol. The van der Waals surface area contributed by atoms with Gasteiger partial charge in [-0.05, 0) is 51.6 Å². The van der Waals surface area contributed by atoms with E-state index in [1.54, 1.807) is 0 Å². The van der Waals surface area contributed by atoms with Crippen LogP contribution in [-0.4, -0.2) is 46.2 Å². The summed E-state index contributed by atoms with van der Waals surface area (Å²) in [7, 11) is 0. The number of aromatic nitrogens is 2. The van der Waals surface area contributed by atoms with Crippen molar-refractivity contribution in [3.05, 3.63) is 11.7 Å². The van der Waals surface area contributed by atoms with Gasteiger partial charge in [0.1, 0.15) is 11.6 Å². The second kappa shape index (κ2) is 6.80. The number of hydrogen-bond acceptors (Lipinski definition) is 6. The Morgan fingerprint density at radius 1 is 1.21 bits per heavy atom. The fourth-order valence-corrected chi connectivity index (χ4v) is 4.36. The van der Waals surface area contributed by atoms with Gasteiger partial charge >= 0.3 is 0 Å². The molecule has 0 bridgehead atoms. The predicted molar refractivity (Wildman–Crippen MR) is 86.1 cm³/mol. The van der Waals surface area contributed by atoms with Crippen molar-refractivity contribution in [1.29, 1.82) is 0 Å². The first-order valence-corrected chi connectivity index (χ1v) is 9.25. The van der Waals surface area contributed by atoms with E-state index < -0.39 is 0 Å². The molecule has 3 fully saturated rings. The summed E-state index contributed by atoms with van der Waals surface area (Å²) < 4.78 is 10.8. The van der Waals surface area contributed by atoms with Crippen LogP contribution in [0, 0.1) is 0 Å². The van der Waals surface area contributed by atoms with E-state index in [4.69, 9.17) is 9.26 Å². The van der Waals surface area contributed by atoms with Crippen LogP contribution < -0.4 is 5.32 Å². The molecule has 7 nitrogen and oxygen atoms in total. The molecule has 1 aromatic rings. The van der Waals surface area contributed by atoms with Crippen LogP contribution in [0.2, 0.25) is 0 Å². The van der Waals surface area contributed by atoms with Crippen LogP contribution in [0.5, 0.6) is 0 Å². The average Bonchev–Trinajstić information content (AvgIpc) is 3.41. The van der Waals surface area contributed by atoms with Crippen LogP contribution >= 0.6 is 0 Å². The standard InChI is InChI=1S/C17H26N4O3/c22-16(17(7-1-2-8-17)21-9-3-4-10-21)18-12-14-19-15(24-20-14)13-6-5-11-23-13/h13H,1-12H2,(H,18,22)/t13-/m1/s1. The highest BCUT2D eigenvalue weighted by Crippen LogP contribution is 2.37. The molecule has 3 heterocycles. The van der Waals surface area contributed by atoms with Crippen LogP contribution in [0.4, 0.5) is 0 Å². The average molecular weight is 334 g/mol. The smallest absolute Gasteiger partial charge is 0.255 e. The number of likely N-dealkylation sites (tertiary alicyclic amines) is 1. The molecule has 0 radical (unpaired) electrons. The first kappa shape index (κ1) is 16.0. The third-order valence-corrected chi connectivity index (χ3v) is 5.66. The van der Waals surface area contributed by atoms with Crippen molar-refractivity contribution < 1.29 is 14.1 Å². The van der Waals surface area contributed by atoms with E-state index >= 15 is 0 Å². The maximum Gasteiger partial charge on any atom is 0.255 e. The zero-order valence-corrected chi connectivity index (χ0v) is 14.1. The van der Waals surface area contributed by atoms with Gasteiger partial charge in [-0.15, -0.1) is 0 Å². The first-order valence-electron chi connectivity index (χ1n) is 9.25. The van der Waals surface area contributed by atoms with Gasteiger partial charge in [0, 0.05) is 6.61 Å². The molecular formula is C17H26N4O3. The number of amides is 1. The topological polar surface area (TPSA) is 80.5 Å². The summed E-state index contributed by atoms with van der Waals surface area (Å²) in [5.74, 6) is 1.20. The Kier molecular flexibility index (Phi) is 4.54. The Labute approximate surface area is 142 Å². The molecule has 0 unspecified atom stereocenters. The van der Waals surface area contributed by atoms with Gasteiger partial charge in [-0.3, -0.25) is 9.69 Å². The van der Waals surface area contributed by atoms with Gasteiger partial charge in [0.25, 0.3) is 5.89 Å². The third-order valence-electron chi connectivity index (χ3n) is 5.66. The zero-order valence-electron chi connectivity index (χ0n) is 14.1. The molecule has 1 amide bonds. The summed E-state index contributed by atoms with van der Waals surface area (Å²) in [5.41, 5.74) is -0.308. The molecule has 2 aliphatic heterocycles. The Morgan fingerprint density at radius 2 is 2.00 bits per heavy atom. The molecule has 1 aliphatic carbocycles. The van der Waals surface area contributed by atoms with Gasteiger partial charge < -0.3 is 14.6 Å². The zero-order chi connectivity index (χ0) is 16.4. The third kappa shape index (κ3) is 2.95. The minimum atomic E-state index is -0.308. The summed E-state index contributed by atoms with van der Waals surface area (Å²) in [6.07, 6.45) is 8.47. The van der Waals surface area contributed by atoms with Crippen molar-refractivity contribution in [2.24, 2.45) is 0 Å². The van der Waals surface area contributed by atoms with Gasteiger partial charge in [0.05, 0.1) is 6.54 Å². The van der Waals surface area contributed by atoms with Crippen molar-refractivity contribution in [2.75, 3.05) is 19.7 Å². The maximum atomic E-state index is 12.9. The van der Waals surface area contributed by atoms with Gasteiger partial charge in [-0.25, -0.2) is 0 Å². The Hall–Kier alpha value is -1.47. The largest absolute Gasteiger partial charge is 0.368 e. The summed E-state index contributed by atoms with van der Waals surface area (Å²) >= 11 is 0. The molecule has 7 heteroatoms. The SMILES string of the molecule is O=C(NCc1noc([C@H]2CCCO2)n1)C1(N2CCCC2)CCCC1. The molecule has 1 N–H and O–H groups in total. The number of carbonyl (C=O) groups is 1. The van der Waals surface area contributed by atoms with Crippen LogP contribution in [0.3, 0.4) is 0 Å². The van der Waals surface area contributed by atoms with Crippen molar-refractivity contribution in [1.82, 2.24) is 20.4 Å². The number of rotatable bonds is 5.